The number of hydrazine groups is 1. The monoisotopic (exact) mass is 258 g/mol. The Morgan fingerprint density at radius 2 is 2.00 bits per heavy atom. The van der Waals surface area contributed by atoms with Gasteiger partial charge in [-0.3, -0.25) is 5.84 Å². The van der Waals surface area contributed by atoms with Gasteiger partial charge in [0.2, 0.25) is 0 Å². The lowest BCUT2D eigenvalue weighted by molar-refractivity contribution is -0.0310. The maximum absolute atomic E-state index is 14.0. The summed E-state index contributed by atoms with van der Waals surface area (Å²) in [5, 5.41) is 0. The first-order valence-corrected chi connectivity index (χ1v) is 5.87. The van der Waals surface area contributed by atoms with E-state index < -0.39 is 23.3 Å². The van der Waals surface area contributed by atoms with Crippen LogP contribution in [0.5, 0.6) is 0 Å². The number of aryl methyl sites for hydroxylation is 1. The van der Waals surface area contributed by atoms with E-state index in [2.05, 4.69) is 5.43 Å². The van der Waals surface area contributed by atoms with Crippen molar-refractivity contribution in [1.82, 2.24) is 5.43 Å². The molecule has 2 unspecified atom stereocenters. The summed E-state index contributed by atoms with van der Waals surface area (Å²) >= 11 is 0. The number of nitrogens with two attached hydrogens (primary N) is 1. The highest BCUT2D eigenvalue weighted by Gasteiger charge is 2.35. The van der Waals surface area contributed by atoms with Crippen molar-refractivity contribution in [3.05, 3.63) is 34.9 Å². The molecule has 3 N–H and O–H groups in total. The van der Waals surface area contributed by atoms with Crippen molar-refractivity contribution in [3.8, 4) is 0 Å². The summed E-state index contributed by atoms with van der Waals surface area (Å²) in [5.74, 6) is 3.75. The molecule has 18 heavy (non-hydrogen) atoms. The number of halogens is 2. The van der Waals surface area contributed by atoms with Crippen molar-refractivity contribution in [1.29, 1.82) is 0 Å². The van der Waals surface area contributed by atoms with Crippen LogP contribution in [0.25, 0.3) is 0 Å². The molecule has 5 heteroatoms. The number of methoxy groups -OCH3 is 1. The number of hydrogen-bond acceptors (Lipinski definition) is 3. The van der Waals surface area contributed by atoms with Crippen LogP contribution in [0.1, 0.15) is 37.4 Å². The smallest absolute Gasteiger partial charge is 0.164 e. The second-order valence-corrected chi connectivity index (χ2v) is 4.57. The molecule has 1 rings (SSSR count). The maximum Gasteiger partial charge on any atom is 0.164 e. The minimum absolute atomic E-state index is 0.173. The van der Waals surface area contributed by atoms with E-state index in [0.29, 0.717) is 6.42 Å². The Balaban J connectivity index is 3.30. The van der Waals surface area contributed by atoms with Crippen LogP contribution in [-0.2, 0) is 4.74 Å². The fourth-order valence-electron chi connectivity index (χ4n) is 1.95. The fourth-order valence-corrected chi connectivity index (χ4v) is 1.95. The minimum atomic E-state index is -0.880. The molecule has 0 aliphatic rings. The molecular formula is C13H20F2N2O. The van der Waals surface area contributed by atoms with Crippen LogP contribution in [0.4, 0.5) is 8.78 Å². The first kappa shape index (κ1) is 15.0. The second kappa shape index (κ2) is 5.73. The van der Waals surface area contributed by atoms with Crippen molar-refractivity contribution in [2.75, 3.05) is 7.11 Å². The van der Waals surface area contributed by atoms with Crippen LogP contribution >= 0.6 is 0 Å². The molecule has 1 aromatic rings. The summed E-state index contributed by atoms with van der Waals surface area (Å²) in [6.07, 6.45) is 0.604. The maximum atomic E-state index is 14.0. The Bertz CT molecular complexity index is 420. The number of ether oxygens (including phenoxy) is 1. The van der Waals surface area contributed by atoms with Crippen molar-refractivity contribution in [2.45, 2.75) is 38.8 Å². The molecule has 0 aromatic heterocycles. The summed E-state index contributed by atoms with van der Waals surface area (Å²) in [5.41, 5.74) is 2.24. The molecule has 0 spiro atoms. The Hall–Kier alpha value is -1.04. The molecule has 2 atom stereocenters. The molecule has 1 aromatic carbocycles. The van der Waals surface area contributed by atoms with Gasteiger partial charge in [-0.15, -0.1) is 0 Å². The fraction of sp³-hybridized carbons (Fsp3) is 0.538. The zero-order valence-electron chi connectivity index (χ0n) is 11.2. The van der Waals surface area contributed by atoms with Gasteiger partial charge in [0, 0.05) is 12.7 Å². The summed E-state index contributed by atoms with van der Waals surface area (Å²) in [6, 6.07) is 2.44. The quantitative estimate of drug-likeness (QED) is 0.630. The summed E-state index contributed by atoms with van der Waals surface area (Å²) < 4.78 is 33.0. The third-order valence-electron chi connectivity index (χ3n) is 3.56. The summed E-state index contributed by atoms with van der Waals surface area (Å²) in [7, 11) is 1.52. The highest BCUT2D eigenvalue weighted by Crippen LogP contribution is 2.33. The lowest BCUT2D eigenvalue weighted by Gasteiger charge is -2.35. The van der Waals surface area contributed by atoms with Crippen molar-refractivity contribution in [3.63, 3.8) is 0 Å². The third-order valence-corrected chi connectivity index (χ3v) is 3.56. The van der Waals surface area contributed by atoms with Gasteiger partial charge in [0.25, 0.3) is 0 Å². The number of benzene rings is 1. The molecule has 0 aliphatic carbocycles. The standard InChI is InChI=1S/C13H20F2N2O/c1-5-13(3,18-4)12(17-16)9-7-6-8(2)10(14)11(9)15/h6-7,12,17H,5,16H2,1-4H3. The molecule has 0 amide bonds. The van der Waals surface area contributed by atoms with Gasteiger partial charge in [-0.1, -0.05) is 19.1 Å². The van der Waals surface area contributed by atoms with Gasteiger partial charge in [0.1, 0.15) is 0 Å². The van der Waals surface area contributed by atoms with Crippen LogP contribution in [0.3, 0.4) is 0 Å². The van der Waals surface area contributed by atoms with Gasteiger partial charge >= 0.3 is 0 Å². The lowest BCUT2D eigenvalue weighted by Crippen LogP contribution is -2.46. The summed E-state index contributed by atoms with van der Waals surface area (Å²) in [4.78, 5) is 0. The van der Waals surface area contributed by atoms with Gasteiger partial charge < -0.3 is 4.74 Å². The van der Waals surface area contributed by atoms with Gasteiger partial charge in [-0.2, -0.15) is 0 Å². The number of nitrogens with one attached hydrogen (secondary N) is 1. The second-order valence-electron chi connectivity index (χ2n) is 4.57. The predicted octanol–water partition coefficient (Wildman–Crippen LogP) is 2.59. The molecule has 0 aliphatic heterocycles. The third kappa shape index (κ3) is 2.53. The van der Waals surface area contributed by atoms with Crippen LogP contribution in [-0.4, -0.2) is 12.7 Å². The number of hydrogen-bond donors (Lipinski definition) is 2. The van der Waals surface area contributed by atoms with Gasteiger partial charge in [-0.25, -0.2) is 14.2 Å². The molecule has 102 valence electrons. The van der Waals surface area contributed by atoms with E-state index in [-0.39, 0.29) is 11.1 Å². The van der Waals surface area contributed by atoms with Crippen molar-refractivity contribution < 1.29 is 13.5 Å². The minimum Gasteiger partial charge on any atom is -0.376 e. The van der Waals surface area contributed by atoms with Crippen LogP contribution in [0.2, 0.25) is 0 Å². The molecule has 0 heterocycles. The molecule has 0 radical (unpaired) electrons. The highest BCUT2D eigenvalue weighted by molar-refractivity contribution is 5.29. The van der Waals surface area contributed by atoms with E-state index in [1.165, 1.54) is 26.2 Å². The summed E-state index contributed by atoms with van der Waals surface area (Å²) in [6.45, 7) is 5.22. The molecule has 0 saturated heterocycles. The van der Waals surface area contributed by atoms with E-state index >= 15 is 0 Å². The van der Waals surface area contributed by atoms with Crippen molar-refractivity contribution in [2.24, 2.45) is 5.84 Å². The van der Waals surface area contributed by atoms with Crippen LogP contribution in [0.15, 0.2) is 12.1 Å². The first-order chi connectivity index (χ1) is 8.41. The highest BCUT2D eigenvalue weighted by atomic mass is 19.2. The average Bonchev–Trinajstić information content (AvgIpc) is 2.39. The average molecular weight is 258 g/mol. The Kier molecular flexibility index (Phi) is 4.78. The largest absolute Gasteiger partial charge is 0.376 e. The SMILES string of the molecule is CCC(C)(OC)C(NN)c1ccc(C)c(F)c1F. The van der Waals surface area contributed by atoms with Crippen molar-refractivity contribution >= 4 is 0 Å². The van der Waals surface area contributed by atoms with Gasteiger partial charge in [0.05, 0.1) is 11.6 Å². The van der Waals surface area contributed by atoms with Gasteiger partial charge in [0.15, 0.2) is 11.6 Å². The molecule has 0 fully saturated rings. The van der Waals surface area contributed by atoms with E-state index in [4.69, 9.17) is 10.6 Å². The number of rotatable bonds is 5. The van der Waals surface area contributed by atoms with Crippen LogP contribution in [0, 0.1) is 18.6 Å². The van der Waals surface area contributed by atoms with E-state index in [0.717, 1.165) is 0 Å². The zero-order chi connectivity index (χ0) is 13.9. The Morgan fingerprint density at radius 1 is 1.39 bits per heavy atom. The van der Waals surface area contributed by atoms with Crippen LogP contribution < -0.4 is 11.3 Å². The van der Waals surface area contributed by atoms with Gasteiger partial charge in [-0.05, 0) is 25.8 Å². The zero-order valence-corrected chi connectivity index (χ0v) is 11.2. The Morgan fingerprint density at radius 3 is 2.44 bits per heavy atom. The van der Waals surface area contributed by atoms with E-state index in [1.54, 1.807) is 6.92 Å². The molecule has 3 nitrogen and oxygen atoms in total. The predicted molar refractivity (Wildman–Crippen MR) is 66.9 cm³/mol. The topological polar surface area (TPSA) is 47.3 Å². The lowest BCUT2D eigenvalue weighted by atomic mass is 9.87. The molecular weight excluding hydrogens is 238 g/mol. The molecule has 0 saturated carbocycles. The van der Waals surface area contributed by atoms with E-state index in [1.807, 2.05) is 6.92 Å². The molecule has 0 bridgehead atoms. The van der Waals surface area contributed by atoms with E-state index in [9.17, 15) is 8.78 Å². The first-order valence-electron chi connectivity index (χ1n) is 5.87. The Labute approximate surface area is 106 Å². The normalized spacial score (nSPS) is 16.4.